The van der Waals surface area contributed by atoms with Crippen LogP contribution < -0.4 is 9.64 Å². The van der Waals surface area contributed by atoms with Crippen LogP contribution in [0.4, 0.5) is 10.1 Å². The van der Waals surface area contributed by atoms with Gasteiger partial charge in [0, 0.05) is 36.9 Å². The Kier molecular flexibility index (Phi) is 6.02. The molecule has 0 radical (unpaired) electrons. The van der Waals surface area contributed by atoms with Crippen molar-refractivity contribution in [3.05, 3.63) is 59.9 Å². The van der Waals surface area contributed by atoms with Gasteiger partial charge in [-0.2, -0.15) is 0 Å². The minimum atomic E-state index is -0.337. The first-order valence-corrected chi connectivity index (χ1v) is 10.6. The lowest BCUT2D eigenvalue weighted by Gasteiger charge is -2.33. The molecule has 31 heavy (non-hydrogen) atoms. The van der Waals surface area contributed by atoms with Gasteiger partial charge in [0.1, 0.15) is 11.6 Å². The van der Waals surface area contributed by atoms with Gasteiger partial charge in [-0.05, 0) is 55.3 Å². The van der Waals surface area contributed by atoms with E-state index in [0.29, 0.717) is 36.7 Å². The maximum atomic E-state index is 13.1. The van der Waals surface area contributed by atoms with Gasteiger partial charge in [-0.3, -0.25) is 19.3 Å². The molecule has 0 unspecified atom stereocenters. The Bertz CT molecular complexity index is 991. The second-order valence-electron chi connectivity index (χ2n) is 8.25. The molecule has 2 aromatic carbocycles. The summed E-state index contributed by atoms with van der Waals surface area (Å²) in [6, 6.07) is 12.6. The number of benzene rings is 2. The Morgan fingerprint density at radius 2 is 1.94 bits per heavy atom. The first-order valence-electron chi connectivity index (χ1n) is 10.6. The number of imide groups is 1. The highest BCUT2D eigenvalue weighted by molar-refractivity contribution is 6.21. The number of likely N-dealkylation sites (tertiary alicyclic amines) is 1. The third-order valence-electron chi connectivity index (χ3n) is 5.83. The molecule has 7 heteroatoms. The molecule has 2 aromatic rings. The van der Waals surface area contributed by atoms with Crippen molar-refractivity contribution >= 4 is 23.4 Å². The number of nitrogens with zero attached hydrogens (tertiary/aromatic N) is 2. The molecule has 2 fully saturated rings. The molecule has 0 bridgehead atoms. The van der Waals surface area contributed by atoms with Crippen molar-refractivity contribution in [3.63, 3.8) is 0 Å². The van der Waals surface area contributed by atoms with Crippen LogP contribution in [0.3, 0.4) is 0 Å². The molecule has 0 spiro atoms. The van der Waals surface area contributed by atoms with Crippen molar-refractivity contribution in [3.8, 4) is 5.75 Å². The number of halogens is 1. The van der Waals surface area contributed by atoms with Crippen LogP contribution in [-0.4, -0.2) is 42.3 Å². The molecular formula is C24H25FN2O4. The highest BCUT2D eigenvalue weighted by Crippen LogP contribution is 2.28. The van der Waals surface area contributed by atoms with Crippen molar-refractivity contribution in [2.24, 2.45) is 11.8 Å². The largest absolute Gasteiger partial charge is 0.493 e. The molecule has 162 valence electrons. The Labute approximate surface area is 180 Å². The fourth-order valence-electron chi connectivity index (χ4n) is 4.15. The van der Waals surface area contributed by atoms with Gasteiger partial charge >= 0.3 is 0 Å². The Morgan fingerprint density at radius 1 is 1.16 bits per heavy atom. The Hall–Kier alpha value is -3.22. The number of piperidine rings is 1. The highest BCUT2D eigenvalue weighted by Gasteiger charge is 2.37. The molecule has 0 N–H and O–H groups in total. The van der Waals surface area contributed by atoms with Crippen LogP contribution in [0, 0.1) is 17.7 Å². The number of rotatable bonds is 5. The number of carbonyl (C=O) groups is 3. The number of carbonyl (C=O) groups excluding carboxylic acids is 3. The number of hydrogen-bond donors (Lipinski definition) is 0. The quantitative estimate of drug-likeness (QED) is 0.687. The average Bonchev–Trinajstić information content (AvgIpc) is 3.04. The van der Waals surface area contributed by atoms with E-state index in [1.54, 1.807) is 48.2 Å². The van der Waals surface area contributed by atoms with Gasteiger partial charge in [0.25, 0.3) is 5.91 Å². The lowest BCUT2D eigenvalue weighted by Crippen LogP contribution is -2.41. The lowest BCUT2D eigenvalue weighted by atomic mass is 9.98. The zero-order valence-corrected chi connectivity index (χ0v) is 17.4. The van der Waals surface area contributed by atoms with Crippen molar-refractivity contribution < 1.29 is 23.5 Å². The van der Waals surface area contributed by atoms with Crippen LogP contribution in [0.25, 0.3) is 0 Å². The Morgan fingerprint density at radius 3 is 2.65 bits per heavy atom. The smallest absolute Gasteiger partial charge is 0.253 e. The fourth-order valence-corrected chi connectivity index (χ4v) is 4.15. The summed E-state index contributed by atoms with van der Waals surface area (Å²) in [5, 5.41) is 0. The molecule has 6 nitrogen and oxygen atoms in total. The third-order valence-corrected chi connectivity index (χ3v) is 5.83. The minimum Gasteiger partial charge on any atom is -0.493 e. The van der Waals surface area contributed by atoms with Gasteiger partial charge in [-0.1, -0.05) is 13.0 Å². The second kappa shape index (κ2) is 8.88. The molecule has 0 aliphatic carbocycles. The monoisotopic (exact) mass is 424 g/mol. The normalized spacial score (nSPS) is 21.5. The third kappa shape index (κ3) is 4.60. The standard InChI is InChI=1S/C24H25FN2O4/c1-16-12-22(28)27(23(16)29)20-6-2-5-18(13-20)24(30)26-11-3-4-17(14-26)15-31-21-9-7-19(25)8-10-21/h2,5-10,13,16-17H,3-4,11-12,14-15H2,1H3/t16-,17-/m1/s1. The first-order chi connectivity index (χ1) is 14.9. The van der Waals surface area contributed by atoms with E-state index in [0.717, 1.165) is 12.8 Å². The summed E-state index contributed by atoms with van der Waals surface area (Å²) < 4.78 is 18.8. The van der Waals surface area contributed by atoms with Crippen LogP contribution in [0.2, 0.25) is 0 Å². The van der Waals surface area contributed by atoms with Crippen molar-refractivity contribution in [2.45, 2.75) is 26.2 Å². The van der Waals surface area contributed by atoms with Crippen LogP contribution >= 0.6 is 0 Å². The SMILES string of the molecule is C[C@@H]1CC(=O)N(c2cccc(C(=O)N3CCC[C@@H](COc4ccc(F)cc4)C3)c2)C1=O. The number of ether oxygens (including phenoxy) is 1. The second-order valence-corrected chi connectivity index (χ2v) is 8.25. The van der Waals surface area contributed by atoms with Crippen LogP contribution in [0.5, 0.6) is 5.75 Å². The van der Waals surface area contributed by atoms with Gasteiger partial charge in [0.2, 0.25) is 11.8 Å². The summed E-state index contributed by atoms with van der Waals surface area (Å²) in [5.41, 5.74) is 0.899. The first kappa shape index (κ1) is 21.0. The van der Waals surface area contributed by atoms with E-state index >= 15 is 0 Å². The van der Waals surface area contributed by atoms with Gasteiger partial charge in [0.05, 0.1) is 12.3 Å². The number of amides is 3. The van der Waals surface area contributed by atoms with Crippen molar-refractivity contribution in [1.29, 1.82) is 0 Å². The molecule has 2 saturated heterocycles. The summed E-state index contributed by atoms with van der Waals surface area (Å²) >= 11 is 0. The summed E-state index contributed by atoms with van der Waals surface area (Å²) in [4.78, 5) is 40.6. The van der Waals surface area contributed by atoms with E-state index in [-0.39, 0.29) is 41.8 Å². The maximum absolute atomic E-state index is 13.1. The van der Waals surface area contributed by atoms with E-state index in [1.165, 1.54) is 17.0 Å². The van der Waals surface area contributed by atoms with E-state index in [2.05, 4.69) is 0 Å². The topological polar surface area (TPSA) is 66.9 Å². The molecule has 2 heterocycles. The van der Waals surface area contributed by atoms with E-state index in [9.17, 15) is 18.8 Å². The molecule has 3 amide bonds. The Balaban J connectivity index is 1.41. The summed E-state index contributed by atoms with van der Waals surface area (Å²) in [6.07, 6.45) is 2.00. The van der Waals surface area contributed by atoms with E-state index in [4.69, 9.17) is 4.74 Å². The zero-order chi connectivity index (χ0) is 22.0. The predicted octanol–water partition coefficient (Wildman–Crippen LogP) is 3.66. The molecule has 0 saturated carbocycles. The summed E-state index contributed by atoms with van der Waals surface area (Å²) in [6.45, 7) is 3.39. The molecule has 0 aromatic heterocycles. The lowest BCUT2D eigenvalue weighted by molar-refractivity contribution is -0.122. The molecule has 2 aliphatic heterocycles. The number of hydrogen-bond acceptors (Lipinski definition) is 4. The average molecular weight is 424 g/mol. The van der Waals surface area contributed by atoms with Crippen LogP contribution in [0.15, 0.2) is 48.5 Å². The van der Waals surface area contributed by atoms with Crippen molar-refractivity contribution in [2.75, 3.05) is 24.6 Å². The van der Waals surface area contributed by atoms with E-state index in [1.807, 2.05) is 0 Å². The molecule has 4 rings (SSSR count). The van der Waals surface area contributed by atoms with E-state index < -0.39 is 0 Å². The number of anilines is 1. The van der Waals surface area contributed by atoms with Crippen LogP contribution in [-0.2, 0) is 9.59 Å². The molecule has 2 atom stereocenters. The molecule has 2 aliphatic rings. The van der Waals surface area contributed by atoms with Gasteiger partial charge in [-0.25, -0.2) is 4.39 Å². The summed E-state index contributed by atoms with van der Waals surface area (Å²) in [5.74, 6) is -0.462. The van der Waals surface area contributed by atoms with Gasteiger partial charge in [0.15, 0.2) is 0 Å². The molecular weight excluding hydrogens is 399 g/mol. The fraction of sp³-hybridized carbons (Fsp3) is 0.375. The van der Waals surface area contributed by atoms with Crippen molar-refractivity contribution in [1.82, 2.24) is 4.90 Å². The van der Waals surface area contributed by atoms with Crippen LogP contribution in [0.1, 0.15) is 36.5 Å². The zero-order valence-electron chi connectivity index (χ0n) is 17.4. The highest BCUT2D eigenvalue weighted by atomic mass is 19.1. The van der Waals surface area contributed by atoms with Gasteiger partial charge < -0.3 is 9.64 Å². The summed E-state index contributed by atoms with van der Waals surface area (Å²) in [7, 11) is 0. The minimum absolute atomic E-state index is 0.125. The predicted molar refractivity (Wildman–Crippen MR) is 113 cm³/mol. The van der Waals surface area contributed by atoms with Gasteiger partial charge in [-0.15, -0.1) is 0 Å². The maximum Gasteiger partial charge on any atom is 0.253 e.